The van der Waals surface area contributed by atoms with Gasteiger partial charge in [-0.05, 0) is 37.8 Å². The van der Waals surface area contributed by atoms with E-state index in [0.29, 0.717) is 17.2 Å². The zero-order valence-corrected chi connectivity index (χ0v) is 10.5. The number of nitrogens with one attached hydrogen (secondary N) is 2. The summed E-state index contributed by atoms with van der Waals surface area (Å²) in [6.07, 6.45) is 3.69. The van der Waals surface area contributed by atoms with Crippen molar-refractivity contribution in [2.45, 2.75) is 26.2 Å². The van der Waals surface area contributed by atoms with Crippen molar-refractivity contribution in [2.24, 2.45) is 5.92 Å². The summed E-state index contributed by atoms with van der Waals surface area (Å²) in [5.74, 6) is 0.632. The Balaban J connectivity index is 1.85. The van der Waals surface area contributed by atoms with E-state index in [2.05, 4.69) is 10.6 Å². The molecule has 1 aliphatic carbocycles. The summed E-state index contributed by atoms with van der Waals surface area (Å²) in [5, 5.41) is 5.59. The Labute approximate surface area is 107 Å². The lowest BCUT2D eigenvalue weighted by atomic mass is 9.85. The molecule has 0 radical (unpaired) electrons. The molecule has 0 aromatic heterocycles. The largest absolute Gasteiger partial charge is 0.338 e. The van der Waals surface area contributed by atoms with Gasteiger partial charge in [0.1, 0.15) is 0 Å². The van der Waals surface area contributed by atoms with Crippen LogP contribution in [0.4, 0.5) is 10.5 Å². The summed E-state index contributed by atoms with van der Waals surface area (Å²) in [7, 11) is 0. The highest BCUT2D eigenvalue weighted by atomic mass is 16.2. The lowest BCUT2D eigenvalue weighted by molar-refractivity contribution is 0.101. The van der Waals surface area contributed by atoms with Crippen LogP contribution in [0.15, 0.2) is 24.3 Å². The number of benzene rings is 1. The van der Waals surface area contributed by atoms with Crippen molar-refractivity contribution >= 4 is 17.5 Å². The van der Waals surface area contributed by atoms with Crippen LogP contribution in [0.2, 0.25) is 0 Å². The minimum absolute atomic E-state index is 0.00599. The number of hydrogen-bond acceptors (Lipinski definition) is 2. The minimum atomic E-state index is -0.206. The molecule has 1 saturated carbocycles. The number of carbonyl (C=O) groups excluding carboxylic acids is 2. The Morgan fingerprint density at radius 1 is 1.33 bits per heavy atom. The van der Waals surface area contributed by atoms with Gasteiger partial charge in [-0.25, -0.2) is 4.79 Å². The number of anilines is 1. The van der Waals surface area contributed by atoms with Gasteiger partial charge in [0.15, 0.2) is 5.78 Å². The number of rotatable bonds is 4. The second-order valence-electron chi connectivity index (χ2n) is 4.77. The number of carbonyl (C=O) groups is 2. The standard InChI is InChI=1S/C14H18N2O2/c1-10(17)12-6-3-7-13(8-12)16-14(18)15-9-11-4-2-5-11/h3,6-8,11H,2,4-5,9H2,1H3,(H2,15,16,18). The molecule has 1 aromatic rings. The average Bonchev–Trinajstić information content (AvgIpc) is 2.27. The van der Waals surface area contributed by atoms with Gasteiger partial charge in [-0.15, -0.1) is 0 Å². The van der Waals surface area contributed by atoms with E-state index in [-0.39, 0.29) is 11.8 Å². The molecule has 1 aliphatic rings. The lowest BCUT2D eigenvalue weighted by Crippen LogP contribution is -2.35. The van der Waals surface area contributed by atoms with E-state index in [0.717, 1.165) is 6.54 Å². The topological polar surface area (TPSA) is 58.2 Å². The SMILES string of the molecule is CC(=O)c1cccc(NC(=O)NCC2CCC2)c1. The van der Waals surface area contributed by atoms with Gasteiger partial charge < -0.3 is 10.6 Å². The summed E-state index contributed by atoms with van der Waals surface area (Å²) in [6.45, 7) is 2.24. The maximum atomic E-state index is 11.6. The Morgan fingerprint density at radius 3 is 2.72 bits per heavy atom. The zero-order chi connectivity index (χ0) is 13.0. The number of amides is 2. The Kier molecular flexibility index (Phi) is 3.97. The first-order chi connectivity index (χ1) is 8.65. The van der Waals surface area contributed by atoms with Crippen LogP contribution in [0.5, 0.6) is 0 Å². The van der Waals surface area contributed by atoms with Crippen molar-refractivity contribution in [1.29, 1.82) is 0 Å². The molecule has 0 saturated heterocycles. The van der Waals surface area contributed by atoms with Gasteiger partial charge in [-0.1, -0.05) is 18.6 Å². The van der Waals surface area contributed by atoms with Gasteiger partial charge in [0, 0.05) is 17.8 Å². The van der Waals surface area contributed by atoms with E-state index < -0.39 is 0 Å². The van der Waals surface area contributed by atoms with Crippen molar-refractivity contribution in [3.63, 3.8) is 0 Å². The van der Waals surface area contributed by atoms with Gasteiger partial charge >= 0.3 is 6.03 Å². The number of Topliss-reactive ketones (excluding diaryl/α,β-unsaturated/α-hetero) is 1. The summed E-state index contributed by atoms with van der Waals surface area (Å²) in [4.78, 5) is 22.8. The molecular weight excluding hydrogens is 228 g/mol. The lowest BCUT2D eigenvalue weighted by Gasteiger charge is -2.25. The van der Waals surface area contributed by atoms with E-state index >= 15 is 0 Å². The van der Waals surface area contributed by atoms with Crippen molar-refractivity contribution < 1.29 is 9.59 Å². The number of ketones is 1. The summed E-state index contributed by atoms with van der Waals surface area (Å²) < 4.78 is 0. The third-order valence-electron chi connectivity index (χ3n) is 3.30. The molecule has 18 heavy (non-hydrogen) atoms. The monoisotopic (exact) mass is 246 g/mol. The van der Waals surface area contributed by atoms with Gasteiger partial charge in [0.05, 0.1) is 0 Å². The maximum absolute atomic E-state index is 11.6. The van der Waals surface area contributed by atoms with Crippen molar-refractivity contribution in [2.75, 3.05) is 11.9 Å². The summed E-state index contributed by atoms with van der Waals surface area (Å²) in [5.41, 5.74) is 1.25. The van der Waals surface area contributed by atoms with Crippen LogP contribution in [-0.2, 0) is 0 Å². The summed E-state index contributed by atoms with van der Waals surface area (Å²) in [6, 6.07) is 6.75. The van der Waals surface area contributed by atoms with Crippen LogP contribution >= 0.6 is 0 Å². The first-order valence-electron chi connectivity index (χ1n) is 6.31. The van der Waals surface area contributed by atoms with Crippen molar-refractivity contribution in [3.8, 4) is 0 Å². The third kappa shape index (κ3) is 3.32. The smallest absolute Gasteiger partial charge is 0.319 e. The molecule has 0 atom stereocenters. The van der Waals surface area contributed by atoms with Crippen LogP contribution in [-0.4, -0.2) is 18.4 Å². The molecule has 0 unspecified atom stereocenters. The molecule has 2 rings (SSSR count). The Morgan fingerprint density at radius 2 is 2.11 bits per heavy atom. The molecule has 1 aromatic carbocycles. The molecule has 1 fully saturated rings. The maximum Gasteiger partial charge on any atom is 0.319 e. The van der Waals surface area contributed by atoms with Crippen molar-refractivity contribution in [1.82, 2.24) is 5.32 Å². The first-order valence-corrected chi connectivity index (χ1v) is 6.31. The van der Waals surface area contributed by atoms with Gasteiger partial charge in [-0.2, -0.15) is 0 Å². The number of urea groups is 1. The van der Waals surface area contributed by atoms with Crippen LogP contribution in [0.25, 0.3) is 0 Å². The fourth-order valence-electron chi connectivity index (χ4n) is 1.93. The highest BCUT2D eigenvalue weighted by molar-refractivity contribution is 5.96. The van der Waals surface area contributed by atoms with Crippen LogP contribution in [0.3, 0.4) is 0 Å². The highest BCUT2D eigenvalue weighted by Gasteiger charge is 2.17. The molecule has 0 bridgehead atoms. The fourth-order valence-corrected chi connectivity index (χ4v) is 1.93. The molecule has 2 N–H and O–H groups in total. The van der Waals surface area contributed by atoms with E-state index in [1.807, 2.05) is 0 Å². The number of hydrogen-bond donors (Lipinski definition) is 2. The zero-order valence-electron chi connectivity index (χ0n) is 10.5. The molecule has 4 heteroatoms. The minimum Gasteiger partial charge on any atom is -0.338 e. The second kappa shape index (κ2) is 5.67. The van der Waals surface area contributed by atoms with E-state index in [9.17, 15) is 9.59 Å². The van der Waals surface area contributed by atoms with E-state index in [1.165, 1.54) is 26.2 Å². The summed E-state index contributed by atoms with van der Waals surface area (Å²) >= 11 is 0. The fraction of sp³-hybridized carbons (Fsp3) is 0.429. The quantitative estimate of drug-likeness (QED) is 0.802. The third-order valence-corrected chi connectivity index (χ3v) is 3.30. The predicted molar refractivity (Wildman–Crippen MR) is 70.8 cm³/mol. The molecule has 2 amide bonds. The molecule has 0 spiro atoms. The Bertz CT molecular complexity index is 453. The molecular formula is C14H18N2O2. The van der Waals surface area contributed by atoms with E-state index in [1.54, 1.807) is 24.3 Å². The second-order valence-corrected chi connectivity index (χ2v) is 4.77. The molecule has 0 heterocycles. The van der Waals surface area contributed by atoms with Gasteiger partial charge in [0.2, 0.25) is 0 Å². The van der Waals surface area contributed by atoms with Crippen LogP contribution in [0.1, 0.15) is 36.5 Å². The molecule has 4 nitrogen and oxygen atoms in total. The van der Waals surface area contributed by atoms with Crippen LogP contribution < -0.4 is 10.6 Å². The molecule has 0 aliphatic heterocycles. The van der Waals surface area contributed by atoms with Crippen molar-refractivity contribution in [3.05, 3.63) is 29.8 Å². The van der Waals surface area contributed by atoms with Crippen LogP contribution in [0, 0.1) is 5.92 Å². The normalized spacial score (nSPS) is 14.7. The van der Waals surface area contributed by atoms with Gasteiger partial charge in [0.25, 0.3) is 0 Å². The predicted octanol–water partition coefficient (Wildman–Crippen LogP) is 2.81. The van der Waals surface area contributed by atoms with Gasteiger partial charge in [-0.3, -0.25) is 4.79 Å². The Hall–Kier alpha value is -1.84. The average molecular weight is 246 g/mol. The van der Waals surface area contributed by atoms with E-state index in [4.69, 9.17) is 0 Å². The highest BCUT2D eigenvalue weighted by Crippen LogP contribution is 2.25. The molecule has 96 valence electrons. The first kappa shape index (κ1) is 12.6.